The summed E-state index contributed by atoms with van der Waals surface area (Å²) >= 11 is 0.713. The Balaban J connectivity index is 1.72. The molecule has 0 spiro atoms. The van der Waals surface area contributed by atoms with Crippen molar-refractivity contribution in [3.63, 3.8) is 0 Å². The molecular formula is C25H32F3N5O3S. The van der Waals surface area contributed by atoms with Crippen LogP contribution in [-0.4, -0.2) is 63.1 Å². The van der Waals surface area contributed by atoms with Crippen LogP contribution in [0.25, 0.3) is 10.4 Å². The Bertz CT molecular complexity index is 1160. The van der Waals surface area contributed by atoms with E-state index in [-0.39, 0.29) is 39.5 Å². The lowest BCUT2D eigenvalue weighted by molar-refractivity contribution is -0.137. The van der Waals surface area contributed by atoms with Gasteiger partial charge in [-0.15, -0.1) is 11.3 Å². The van der Waals surface area contributed by atoms with Gasteiger partial charge in [0.15, 0.2) is 5.01 Å². The average Bonchev–Trinajstić information content (AvgIpc) is 3.36. The van der Waals surface area contributed by atoms with E-state index in [2.05, 4.69) is 20.6 Å². The Labute approximate surface area is 217 Å². The third kappa shape index (κ3) is 6.78. The first kappa shape index (κ1) is 27.3. The highest BCUT2D eigenvalue weighted by molar-refractivity contribution is 7.17. The smallest absolute Gasteiger partial charge is 0.389 e. The fourth-order valence-electron chi connectivity index (χ4n) is 4.27. The first-order chi connectivity index (χ1) is 17.3. The van der Waals surface area contributed by atoms with Crippen molar-refractivity contribution in [3.05, 3.63) is 28.5 Å². The molecule has 2 aliphatic rings. The maximum absolute atomic E-state index is 14.2. The highest BCUT2D eigenvalue weighted by Crippen LogP contribution is 2.42. The number of thiazole rings is 1. The number of hydrogen-bond acceptors (Lipinski definition) is 7. The fraction of sp³-hybridized carbons (Fsp3) is 0.600. The maximum Gasteiger partial charge on any atom is 0.417 e. The van der Waals surface area contributed by atoms with Gasteiger partial charge in [-0.3, -0.25) is 9.59 Å². The van der Waals surface area contributed by atoms with Crippen molar-refractivity contribution in [2.24, 2.45) is 5.92 Å². The average molecular weight is 540 g/mol. The molecule has 2 aromatic heterocycles. The van der Waals surface area contributed by atoms with Crippen LogP contribution in [-0.2, 0) is 6.18 Å². The molecule has 37 heavy (non-hydrogen) atoms. The van der Waals surface area contributed by atoms with Gasteiger partial charge in [0.05, 0.1) is 16.0 Å². The number of nitrogens with one attached hydrogen (secondary N) is 2. The molecule has 8 nitrogen and oxygen atoms in total. The molecule has 4 rings (SSSR count). The molecule has 1 saturated carbocycles. The second-order valence-corrected chi connectivity index (χ2v) is 11.5. The molecule has 1 aliphatic carbocycles. The number of rotatable bonds is 9. The summed E-state index contributed by atoms with van der Waals surface area (Å²) in [6.07, 6.45) is 1.09. The molecule has 3 heterocycles. The van der Waals surface area contributed by atoms with Crippen LogP contribution in [0.15, 0.2) is 12.3 Å². The summed E-state index contributed by atoms with van der Waals surface area (Å²) in [5.41, 5.74) is -2.65. The molecule has 1 aliphatic heterocycles. The third-order valence-electron chi connectivity index (χ3n) is 6.53. The predicted octanol–water partition coefficient (Wildman–Crippen LogP) is 4.56. The number of halogens is 3. The van der Waals surface area contributed by atoms with Crippen LogP contribution in [0.5, 0.6) is 0 Å². The number of carbonyl (C=O) groups is 2. The Kier molecular flexibility index (Phi) is 7.80. The quantitative estimate of drug-likeness (QED) is 0.431. The van der Waals surface area contributed by atoms with Gasteiger partial charge < -0.3 is 20.6 Å². The molecule has 12 heteroatoms. The molecular weight excluding hydrogens is 507 g/mol. The van der Waals surface area contributed by atoms with Crippen molar-refractivity contribution in [3.8, 4) is 10.4 Å². The molecule has 2 fully saturated rings. The van der Waals surface area contributed by atoms with Gasteiger partial charge in [0.1, 0.15) is 11.5 Å². The number of aliphatic hydroxyl groups is 1. The molecule has 202 valence electrons. The van der Waals surface area contributed by atoms with E-state index in [1.165, 1.54) is 13.8 Å². The molecule has 0 radical (unpaired) electrons. The van der Waals surface area contributed by atoms with Gasteiger partial charge in [0.25, 0.3) is 11.8 Å². The number of amides is 2. The standard InChI is InChI=1S/C25H32F3N5O3S/c1-14-5-4-10-33(14)23(35)19-20(37-22(32-19)21(34)31-13-24(2,3)36)16-12-30-18(11-17(16)25(26,27)28)29-9-8-15-6-7-15/h11-12,14-15,36H,4-10,13H2,1-3H3,(H,29,30)(H,31,34)/t14-/m0/s1. The highest BCUT2D eigenvalue weighted by atomic mass is 32.1. The Morgan fingerprint density at radius 2 is 1.97 bits per heavy atom. The van der Waals surface area contributed by atoms with Gasteiger partial charge >= 0.3 is 6.18 Å². The monoisotopic (exact) mass is 539 g/mol. The summed E-state index contributed by atoms with van der Waals surface area (Å²) in [6, 6.07) is 0.857. The van der Waals surface area contributed by atoms with E-state index in [1.807, 2.05) is 6.92 Å². The lowest BCUT2D eigenvalue weighted by atomic mass is 10.1. The lowest BCUT2D eigenvalue weighted by Crippen LogP contribution is -2.38. The minimum absolute atomic E-state index is 0.0538. The summed E-state index contributed by atoms with van der Waals surface area (Å²) in [4.78, 5) is 36.1. The second kappa shape index (κ2) is 10.6. The van der Waals surface area contributed by atoms with Crippen LogP contribution < -0.4 is 10.6 Å². The van der Waals surface area contributed by atoms with E-state index in [0.29, 0.717) is 30.3 Å². The number of likely N-dealkylation sites (tertiary alicyclic amines) is 1. The van der Waals surface area contributed by atoms with Crippen LogP contribution in [0.3, 0.4) is 0 Å². The number of alkyl halides is 3. The fourth-order valence-corrected chi connectivity index (χ4v) is 5.26. The minimum Gasteiger partial charge on any atom is -0.389 e. The largest absolute Gasteiger partial charge is 0.417 e. The zero-order valence-corrected chi connectivity index (χ0v) is 21.9. The zero-order valence-electron chi connectivity index (χ0n) is 21.1. The molecule has 3 N–H and O–H groups in total. The van der Waals surface area contributed by atoms with E-state index in [0.717, 1.165) is 44.4 Å². The molecule has 1 saturated heterocycles. The Hall–Kier alpha value is -2.73. The number of pyridine rings is 1. The van der Waals surface area contributed by atoms with Gasteiger partial charge in [-0.1, -0.05) is 12.8 Å². The third-order valence-corrected chi connectivity index (χ3v) is 7.62. The number of anilines is 1. The van der Waals surface area contributed by atoms with E-state index in [1.54, 1.807) is 4.90 Å². The van der Waals surface area contributed by atoms with Gasteiger partial charge in [0.2, 0.25) is 0 Å². The minimum atomic E-state index is -4.72. The second-order valence-electron chi connectivity index (χ2n) is 10.5. The number of carbonyl (C=O) groups excluding carboxylic acids is 2. The van der Waals surface area contributed by atoms with E-state index in [9.17, 15) is 27.9 Å². The Morgan fingerprint density at radius 1 is 1.24 bits per heavy atom. The SMILES string of the molecule is C[C@H]1CCCN1C(=O)c1nc(C(=O)NCC(C)(C)O)sc1-c1cnc(NCCC2CC2)cc1C(F)(F)F. The van der Waals surface area contributed by atoms with Crippen LogP contribution in [0.1, 0.15) is 78.7 Å². The highest BCUT2D eigenvalue weighted by Gasteiger charge is 2.38. The topological polar surface area (TPSA) is 107 Å². The first-order valence-electron chi connectivity index (χ1n) is 12.5. The van der Waals surface area contributed by atoms with Crippen molar-refractivity contribution < 1.29 is 27.9 Å². The first-order valence-corrected chi connectivity index (χ1v) is 13.3. The van der Waals surface area contributed by atoms with Gasteiger partial charge in [-0.25, -0.2) is 9.97 Å². The van der Waals surface area contributed by atoms with Crippen molar-refractivity contribution in [2.75, 3.05) is 25.0 Å². The van der Waals surface area contributed by atoms with Crippen LogP contribution in [0, 0.1) is 5.92 Å². The van der Waals surface area contributed by atoms with Crippen molar-refractivity contribution in [2.45, 2.75) is 70.7 Å². The number of nitrogens with zero attached hydrogens (tertiary/aromatic N) is 3. The molecule has 0 aromatic carbocycles. The predicted molar refractivity (Wildman–Crippen MR) is 135 cm³/mol. The summed E-state index contributed by atoms with van der Waals surface area (Å²) in [7, 11) is 0. The molecule has 0 bridgehead atoms. The van der Waals surface area contributed by atoms with Crippen molar-refractivity contribution in [1.29, 1.82) is 0 Å². The zero-order chi connectivity index (χ0) is 27.0. The van der Waals surface area contributed by atoms with Crippen molar-refractivity contribution in [1.82, 2.24) is 20.2 Å². The maximum atomic E-state index is 14.2. The van der Waals surface area contributed by atoms with Gasteiger partial charge in [-0.05, 0) is 52.0 Å². The Morgan fingerprint density at radius 3 is 2.57 bits per heavy atom. The molecule has 1 atom stereocenters. The summed E-state index contributed by atoms with van der Waals surface area (Å²) in [5.74, 6) is -0.474. The number of hydrogen-bond donors (Lipinski definition) is 3. The van der Waals surface area contributed by atoms with Crippen molar-refractivity contribution >= 4 is 29.0 Å². The number of aromatic nitrogens is 2. The molecule has 0 unspecified atom stereocenters. The van der Waals surface area contributed by atoms with E-state index in [4.69, 9.17) is 0 Å². The summed E-state index contributed by atoms with van der Waals surface area (Å²) < 4.78 is 42.6. The van der Waals surface area contributed by atoms with Gasteiger partial charge in [-0.2, -0.15) is 13.2 Å². The molecule has 2 amide bonds. The van der Waals surface area contributed by atoms with Crippen LogP contribution >= 0.6 is 11.3 Å². The van der Waals surface area contributed by atoms with Crippen LogP contribution in [0.4, 0.5) is 19.0 Å². The lowest BCUT2D eigenvalue weighted by Gasteiger charge is -2.21. The summed E-state index contributed by atoms with van der Waals surface area (Å²) in [5, 5.41) is 15.3. The van der Waals surface area contributed by atoms with Gasteiger partial charge in [0, 0.05) is 37.4 Å². The molecule has 2 aromatic rings. The van der Waals surface area contributed by atoms with E-state index >= 15 is 0 Å². The van der Waals surface area contributed by atoms with E-state index < -0.39 is 29.2 Å². The van der Waals surface area contributed by atoms with Crippen LogP contribution in [0.2, 0.25) is 0 Å². The normalized spacial score (nSPS) is 18.2. The summed E-state index contributed by atoms with van der Waals surface area (Å²) in [6.45, 7) is 5.78.